The van der Waals surface area contributed by atoms with Gasteiger partial charge in [0, 0.05) is 37.4 Å². The molecule has 0 aliphatic carbocycles. The van der Waals surface area contributed by atoms with Gasteiger partial charge in [-0.15, -0.1) is 0 Å². The highest BCUT2D eigenvalue weighted by Crippen LogP contribution is 2.46. The molecule has 7 nitrogen and oxygen atoms in total. The number of piperidine rings is 2. The summed E-state index contributed by atoms with van der Waals surface area (Å²) in [7, 11) is -0.257. The van der Waals surface area contributed by atoms with Crippen LogP contribution in [0, 0.1) is 5.92 Å². The Balaban J connectivity index is 1.49. The Kier molecular flexibility index (Phi) is 5.55. The van der Waals surface area contributed by atoms with E-state index >= 15 is 0 Å². The van der Waals surface area contributed by atoms with Crippen molar-refractivity contribution in [2.75, 3.05) is 39.6 Å². The zero-order valence-electron chi connectivity index (χ0n) is 18.7. The van der Waals surface area contributed by atoms with Crippen molar-refractivity contribution in [1.29, 1.82) is 0 Å². The number of hydrogen-bond acceptors (Lipinski definition) is 6. The van der Waals surface area contributed by atoms with Gasteiger partial charge in [0.05, 0.1) is 19.1 Å². The monoisotopic (exact) mass is 457 g/mol. The highest BCUT2D eigenvalue weighted by Gasteiger charge is 2.46. The smallest absolute Gasteiger partial charge is 0.243 e. The minimum absolute atomic E-state index is 0.00778. The average molecular weight is 458 g/mol. The first-order valence-electron chi connectivity index (χ1n) is 11.3. The minimum atomic E-state index is -3.57. The molecule has 2 aromatic rings. The van der Waals surface area contributed by atoms with E-state index in [1.54, 1.807) is 42.8 Å². The summed E-state index contributed by atoms with van der Waals surface area (Å²) in [6.45, 7) is 2.48. The summed E-state index contributed by atoms with van der Waals surface area (Å²) in [5.74, 6) is 1.83. The average Bonchev–Trinajstić information content (AvgIpc) is 2.81. The summed E-state index contributed by atoms with van der Waals surface area (Å²) in [6.07, 6.45) is 3.73. The van der Waals surface area contributed by atoms with E-state index < -0.39 is 10.0 Å². The van der Waals surface area contributed by atoms with Crippen molar-refractivity contribution in [1.82, 2.24) is 9.21 Å². The van der Waals surface area contributed by atoms with Crippen LogP contribution in [-0.2, 0) is 16.4 Å². The predicted molar refractivity (Wildman–Crippen MR) is 123 cm³/mol. The fourth-order valence-corrected chi connectivity index (χ4v) is 7.54. The Morgan fingerprint density at radius 2 is 1.75 bits per heavy atom. The number of nitrogens with zero attached hydrogens (tertiary/aromatic N) is 2. The van der Waals surface area contributed by atoms with Crippen molar-refractivity contribution < 1.29 is 17.9 Å². The first-order chi connectivity index (χ1) is 15.4. The number of fused-ring (bicyclic) bond motifs is 4. The fourth-order valence-electron chi connectivity index (χ4n) is 5.80. The molecule has 2 aromatic carbocycles. The molecular formula is C24H31N3O4S. The van der Waals surface area contributed by atoms with Crippen molar-refractivity contribution in [2.24, 2.45) is 5.92 Å². The summed E-state index contributed by atoms with van der Waals surface area (Å²) in [5, 5.41) is 0. The Morgan fingerprint density at radius 1 is 1.03 bits per heavy atom. The maximum Gasteiger partial charge on any atom is 0.243 e. The Labute approximate surface area is 190 Å². The van der Waals surface area contributed by atoms with Gasteiger partial charge in [-0.05, 0) is 79.1 Å². The van der Waals surface area contributed by atoms with Crippen molar-refractivity contribution in [2.45, 2.75) is 42.7 Å². The largest absolute Gasteiger partial charge is 0.493 e. The van der Waals surface area contributed by atoms with Crippen LogP contribution in [0.3, 0.4) is 0 Å². The van der Waals surface area contributed by atoms with Gasteiger partial charge in [-0.3, -0.25) is 4.90 Å². The number of nitrogen functional groups attached to an aromatic ring is 1. The van der Waals surface area contributed by atoms with E-state index in [9.17, 15) is 8.42 Å². The van der Waals surface area contributed by atoms with E-state index in [1.165, 1.54) is 11.1 Å². The number of methoxy groups -OCH3 is 2. The molecule has 3 unspecified atom stereocenters. The third kappa shape index (κ3) is 3.54. The van der Waals surface area contributed by atoms with Gasteiger partial charge in [-0.2, -0.15) is 4.31 Å². The highest BCUT2D eigenvalue weighted by atomic mass is 32.2. The van der Waals surface area contributed by atoms with E-state index in [1.807, 2.05) is 0 Å². The van der Waals surface area contributed by atoms with Crippen LogP contribution in [0.25, 0.3) is 0 Å². The van der Waals surface area contributed by atoms with E-state index in [4.69, 9.17) is 15.2 Å². The lowest BCUT2D eigenvalue weighted by Gasteiger charge is -2.51. The van der Waals surface area contributed by atoms with Gasteiger partial charge in [0.1, 0.15) is 0 Å². The Hall–Kier alpha value is -2.29. The first kappa shape index (κ1) is 21.6. The lowest BCUT2D eigenvalue weighted by molar-refractivity contribution is 0.0218. The molecule has 32 heavy (non-hydrogen) atoms. The molecule has 2 N–H and O–H groups in total. The molecule has 172 valence electrons. The van der Waals surface area contributed by atoms with Crippen molar-refractivity contribution >= 4 is 15.7 Å². The number of hydrogen-bond donors (Lipinski definition) is 1. The molecule has 3 aliphatic heterocycles. The van der Waals surface area contributed by atoms with Crippen LogP contribution >= 0.6 is 0 Å². The Bertz CT molecular complexity index is 1100. The van der Waals surface area contributed by atoms with Crippen LogP contribution in [-0.4, -0.2) is 57.5 Å². The summed E-state index contributed by atoms with van der Waals surface area (Å²) in [5.41, 5.74) is 8.86. The van der Waals surface area contributed by atoms with Crippen LogP contribution in [0.1, 0.15) is 36.4 Å². The van der Waals surface area contributed by atoms with Gasteiger partial charge in [0.2, 0.25) is 10.0 Å². The Morgan fingerprint density at radius 3 is 2.47 bits per heavy atom. The zero-order chi connectivity index (χ0) is 22.5. The van der Waals surface area contributed by atoms with Gasteiger partial charge in [-0.1, -0.05) is 0 Å². The molecule has 5 rings (SSSR count). The van der Waals surface area contributed by atoms with Gasteiger partial charge in [0.15, 0.2) is 11.5 Å². The van der Waals surface area contributed by atoms with E-state index in [2.05, 4.69) is 17.0 Å². The number of anilines is 1. The molecule has 0 radical (unpaired) electrons. The normalized spacial score (nSPS) is 26.0. The van der Waals surface area contributed by atoms with Crippen LogP contribution in [0.2, 0.25) is 0 Å². The number of sulfonamides is 1. The molecular weight excluding hydrogens is 426 g/mol. The second-order valence-electron chi connectivity index (χ2n) is 9.06. The van der Waals surface area contributed by atoms with Gasteiger partial charge in [0.25, 0.3) is 0 Å². The van der Waals surface area contributed by atoms with Gasteiger partial charge < -0.3 is 15.2 Å². The predicted octanol–water partition coefficient (Wildman–Crippen LogP) is 3.06. The lowest BCUT2D eigenvalue weighted by atomic mass is 9.77. The van der Waals surface area contributed by atoms with Gasteiger partial charge >= 0.3 is 0 Å². The molecule has 3 atom stereocenters. The van der Waals surface area contributed by atoms with Crippen LogP contribution in [0.5, 0.6) is 11.5 Å². The summed E-state index contributed by atoms with van der Waals surface area (Å²) in [4.78, 5) is 2.86. The quantitative estimate of drug-likeness (QED) is 0.711. The number of ether oxygens (including phenoxy) is 2. The van der Waals surface area contributed by atoms with Crippen LogP contribution < -0.4 is 15.2 Å². The molecule has 8 heteroatoms. The summed E-state index contributed by atoms with van der Waals surface area (Å²) < 4.78 is 40.0. The molecule has 0 aromatic heterocycles. The summed E-state index contributed by atoms with van der Waals surface area (Å²) >= 11 is 0. The zero-order valence-corrected chi connectivity index (χ0v) is 19.5. The first-order valence-corrected chi connectivity index (χ1v) is 12.7. The topological polar surface area (TPSA) is 85.1 Å². The number of benzene rings is 2. The number of rotatable bonds is 4. The second kappa shape index (κ2) is 8.24. The molecule has 3 heterocycles. The van der Waals surface area contributed by atoms with Crippen LogP contribution in [0.15, 0.2) is 41.3 Å². The van der Waals surface area contributed by atoms with Crippen molar-refractivity contribution in [3.63, 3.8) is 0 Å². The molecule has 0 amide bonds. The van der Waals surface area contributed by atoms with E-state index in [0.717, 1.165) is 50.3 Å². The van der Waals surface area contributed by atoms with Crippen molar-refractivity contribution in [3.8, 4) is 11.5 Å². The fraction of sp³-hybridized carbons (Fsp3) is 0.500. The second-order valence-corrected chi connectivity index (χ2v) is 10.9. The molecule has 0 spiro atoms. The van der Waals surface area contributed by atoms with E-state index in [-0.39, 0.29) is 12.1 Å². The summed E-state index contributed by atoms with van der Waals surface area (Å²) in [6, 6.07) is 10.9. The number of nitrogens with two attached hydrogens (primary N) is 1. The molecule has 0 saturated carbocycles. The van der Waals surface area contributed by atoms with Gasteiger partial charge in [-0.25, -0.2) is 8.42 Å². The van der Waals surface area contributed by atoms with Crippen LogP contribution in [0.4, 0.5) is 5.69 Å². The maximum atomic E-state index is 13.6. The molecule has 2 saturated heterocycles. The third-order valence-electron chi connectivity index (χ3n) is 7.40. The van der Waals surface area contributed by atoms with E-state index in [0.29, 0.717) is 23.0 Å². The maximum absolute atomic E-state index is 13.6. The third-order valence-corrected chi connectivity index (χ3v) is 9.34. The minimum Gasteiger partial charge on any atom is -0.493 e. The standard InChI is InChI=1S/C24H31N3O4S/c1-30-23-12-16-9-11-26-15-17-4-3-10-27(32(28,29)19-7-5-18(25)6-8-19)21(17)14-22(26)20(16)13-24(23)31-2/h5-8,12-13,17,21-22H,3-4,9-11,14-15,25H2,1-2H3. The highest BCUT2D eigenvalue weighted by molar-refractivity contribution is 7.89. The molecule has 0 bridgehead atoms. The van der Waals surface area contributed by atoms with Crippen molar-refractivity contribution in [3.05, 3.63) is 47.5 Å². The lowest BCUT2D eigenvalue weighted by Crippen LogP contribution is -2.57. The SMILES string of the molecule is COc1cc2c(cc1OC)C1CC3C(CCCN3S(=O)(=O)c3ccc(N)cc3)CN1CC2. The molecule has 2 fully saturated rings. The molecule has 3 aliphatic rings.